The fourth-order valence-electron chi connectivity index (χ4n) is 0.812. The Morgan fingerprint density at radius 2 is 1.77 bits per heavy atom. The molecule has 0 amide bonds. The van der Waals surface area contributed by atoms with Crippen molar-refractivity contribution >= 4 is 17.7 Å². The van der Waals surface area contributed by atoms with Gasteiger partial charge in [0.05, 0.1) is 0 Å². The zero-order valence-corrected chi connectivity index (χ0v) is 6.77. The summed E-state index contributed by atoms with van der Waals surface area (Å²) in [4.78, 5) is 10.2. The normalized spacial score (nSPS) is 11.2. The average molecular weight is 179 g/mol. The maximum Gasteiger partial charge on any atom is 0.370 e. The number of rotatable bonds is 2. The highest BCUT2D eigenvalue weighted by Gasteiger charge is 2.02. The van der Waals surface area contributed by atoms with Crippen LogP contribution in [0.3, 0.4) is 0 Å². The first kappa shape index (κ1) is 9.12. The van der Waals surface area contributed by atoms with Crippen molar-refractivity contribution in [2.45, 2.75) is 0 Å². The van der Waals surface area contributed by atoms with Gasteiger partial charge in [0.1, 0.15) is 0 Å². The van der Waals surface area contributed by atoms with Crippen molar-refractivity contribution in [2.75, 3.05) is 5.73 Å². The molecular weight excluding hydrogens is 170 g/mol. The molecule has 0 spiro atoms. The molecule has 1 aromatic rings. The van der Waals surface area contributed by atoms with Gasteiger partial charge in [0, 0.05) is 5.69 Å². The molecule has 0 bridgehead atoms. The zero-order valence-electron chi connectivity index (χ0n) is 6.77. The van der Waals surface area contributed by atoms with E-state index in [4.69, 9.17) is 15.9 Å². The maximum atomic E-state index is 10.2. The molecule has 4 nitrogen and oxygen atoms in total. The highest BCUT2D eigenvalue weighted by molar-refractivity contribution is 5.89. The van der Waals surface area contributed by atoms with Crippen LogP contribution >= 0.6 is 0 Å². The maximum absolute atomic E-state index is 10.2. The topological polar surface area (TPSA) is 83.5 Å². The lowest BCUT2D eigenvalue weighted by Gasteiger charge is -1.95. The van der Waals surface area contributed by atoms with Crippen molar-refractivity contribution in [1.29, 1.82) is 0 Å². The number of carbonyl (C=O) groups is 1. The summed E-state index contributed by atoms with van der Waals surface area (Å²) in [7, 11) is 0. The lowest BCUT2D eigenvalue weighted by atomic mass is 10.2. The number of aliphatic hydroxyl groups is 1. The largest absolute Gasteiger partial charge is 0.502 e. The summed E-state index contributed by atoms with van der Waals surface area (Å²) in [5, 5.41) is 17.2. The predicted octanol–water partition coefficient (Wildman–Crippen LogP) is 1.25. The number of carboxylic acid groups (broad SMARTS) is 1. The van der Waals surface area contributed by atoms with E-state index >= 15 is 0 Å². The van der Waals surface area contributed by atoms with Crippen LogP contribution in [0.5, 0.6) is 0 Å². The molecule has 0 saturated carbocycles. The van der Waals surface area contributed by atoms with Crippen LogP contribution in [0.25, 0.3) is 6.08 Å². The monoisotopic (exact) mass is 179 g/mol. The summed E-state index contributed by atoms with van der Waals surface area (Å²) < 4.78 is 0. The van der Waals surface area contributed by atoms with Gasteiger partial charge < -0.3 is 15.9 Å². The van der Waals surface area contributed by atoms with Crippen LogP contribution in [0.1, 0.15) is 5.56 Å². The van der Waals surface area contributed by atoms with Crippen molar-refractivity contribution in [2.24, 2.45) is 0 Å². The van der Waals surface area contributed by atoms with Gasteiger partial charge in [0.25, 0.3) is 0 Å². The van der Waals surface area contributed by atoms with E-state index in [1.807, 2.05) is 0 Å². The van der Waals surface area contributed by atoms with Gasteiger partial charge in [-0.1, -0.05) is 12.1 Å². The van der Waals surface area contributed by atoms with Crippen LogP contribution in [-0.2, 0) is 4.79 Å². The van der Waals surface area contributed by atoms with E-state index in [9.17, 15) is 4.79 Å². The molecule has 0 fully saturated rings. The molecule has 68 valence electrons. The van der Waals surface area contributed by atoms with Crippen molar-refractivity contribution in [3.8, 4) is 0 Å². The van der Waals surface area contributed by atoms with Crippen LogP contribution in [0.15, 0.2) is 30.0 Å². The number of carboxylic acids is 1. The Balaban J connectivity index is 2.92. The molecule has 0 aliphatic heterocycles. The van der Waals surface area contributed by atoms with Gasteiger partial charge in [-0.25, -0.2) is 4.79 Å². The summed E-state index contributed by atoms with van der Waals surface area (Å²) in [6, 6.07) is 6.49. The van der Waals surface area contributed by atoms with Crippen LogP contribution in [-0.4, -0.2) is 16.2 Å². The first-order chi connectivity index (χ1) is 6.09. The van der Waals surface area contributed by atoms with Crippen molar-refractivity contribution in [3.63, 3.8) is 0 Å². The number of anilines is 1. The second-order valence-electron chi connectivity index (χ2n) is 2.50. The van der Waals surface area contributed by atoms with Gasteiger partial charge in [0.2, 0.25) is 5.76 Å². The fraction of sp³-hybridized carbons (Fsp3) is 0. The smallest absolute Gasteiger partial charge is 0.370 e. The predicted molar refractivity (Wildman–Crippen MR) is 49.1 cm³/mol. The summed E-state index contributed by atoms with van der Waals surface area (Å²) in [6.07, 6.45) is 1.15. The van der Waals surface area contributed by atoms with Gasteiger partial charge in [-0.2, -0.15) is 0 Å². The Morgan fingerprint density at radius 1 is 1.23 bits per heavy atom. The molecule has 1 rings (SSSR count). The average Bonchev–Trinajstić information content (AvgIpc) is 2.08. The third-order valence-corrected chi connectivity index (χ3v) is 1.46. The number of hydrogen-bond acceptors (Lipinski definition) is 3. The van der Waals surface area contributed by atoms with Crippen LogP contribution in [0.4, 0.5) is 5.69 Å². The van der Waals surface area contributed by atoms with Crippen molar-refractivity contribution in [1.82, 2.24) is 0 Å². The van der Waals surface area contributed by atoms with E-state index in [1.54, 1.807) is 24.3 Å². The van der Waals surface area contributed by atoms with Crippen LogP contribution < -0.4 is 5.73 Å². The Bertz CT molecular complexity index is 340. The minimum atomic E-state index is -1.35. The van der Waals surface area contributed by atoms with Gasteiger partial charge in [0.15, 0.2) is 0 Å². The molecule has 0 unspecified atom stereocenters. The van der Waals surface area contributed by atoms with Crippen molar-refractivity contribution in [3.05, 3.63) is 35.6 Å². The summed E-state index contributed by atoms with van der Waals surface area (Å²) >= 11 is 0. The molecule has 0 heterocycles. The molecule has 1 aromatic carbocycles. The number of aliphatic carboxylic acids is 1. The molecule has 0 radical (unpaired) electrons. The molecule has 0 aromatic heterocycles. The van der Waals surface area contributed by atoms with Gasteiger partial charge in [-0.05, 0) is 23.8 Å². The minimum absolute atomic E-state index is 0.590. The number of nitrogen functional groups attached to an aromatic ring is 1. The zero-order chi connectivity index (χ0) is 9.84. The van der Waals surface area contributed by atoms with Crippen LogP contribution in [0.2, 0.25) is 0 Å². The SMILES string of the molecule is Nc1ccc(/C=C(\O)C(=O)O)cc1. The second kappa shape index (κ2) is 3.62. The molecule has 0 saturated heterocycles. The number of hydrogen-bond donors (Lipinski definition) is 3. The first-order valence-electron chi connectivity index (χ1n) is 3.59. The Labute approximate surface area is 74.9 Å². The Morgan fingerprint density at radius 3 is 2.23 bits per heavy atom. The van der Waals surface area contributed by atoms with Crippen LogP contribution in [0, 0.1) is 0 Å². The van der Waals surface area contributed by atoms with Gasteiger partial charge >= 0.3 is 5.97 Å². The van der Waals surface area contributed by atoms with Gasteiger partial charge in [-0.15, -0.1) is 0 Å². The standard InChI is InChI=1S/C9H9NO3/c10-7-3-1-6(2-4-7)5-8(11)9(12)13/h1-5,11H,10H2,(H,12,13)/b8-5-. The molecule has 0 aliphatic carbocycles. The molecule has 4 N–H and O–H groups in total. The van der Waals surface area contributed by atoms with E-state index in [2.05, 4.69) is 0 Å². The third kappa shape index (κ3) is 2.52. The number of nitrogens with two attached hydrogens (primary N) is 1. The first-order valence-corrected chi connectivity index (χ1v) is 3.59. The summed E-state index contributed by atoms with van der Waals surface area (Å²) in [5.41, 5.74) is 6.60. The molecular formula is C9H9NO3. The van der Waals surface area contributed by atoms with E-state index < -0.39 is 11.7 Å². The quantitative estimate of drug-likeness (QED) is 0.362. The molecule has 13 heavy (non-hydrogen) atoms. The second-order valence-corrected chi connectivity index (χ2v) is 2.50. The molecule has 0 aliphatic rings. The Hall–Kier alpha value is -1.97. The fourth-order valence-corrected chi connectivity index (χ4v) is 0.812. The van der Waals surface area contributed by atoms with E-state index in [1.165, 1.54) is 0 Å². The summed E-state index contributed by atoms with van der Waals surface area (Å²) in [5.74, 6) is -2.04. The number of aliphatic hydroxyl groups excluding tert-OH is 1. The third-order valence-electron chi connectivity index (χ3n) is 1.46. The van der Waals surface area contributed by atoms with Crippen molar-refractivity contribution < 1.29 is 15.0 Å². The molecule has 4 heteroatoms. The van der Waals surface area contributed by atoms with E-state index in [-0.39, 0.29) is 0 Å². The number of benzene rings is 1. The minimum Gasteiger partial charge on any atom is -0.502 e. The Kier molecular flexibility index (Phi) is 2.54. The summed E-state index contributed by atoms with van der Waals surface area (Å²) in [6.45, 7) is 0. The highest BCUT2D eigenvalue weighted by atomic mass is 16.4. The molecule has 0 atom stereocenters. The lowest BCUT2D eigenvalue weighted by Crippen LogP contribution is -1.98. The van der Waals surface area contributed by atoms with E-state index in [0.29, 0.717) is 11.3 Å². The lowest BCUT2D eigenvalue weighted by molar-refractivity contribution is -0.135. The highest BCUT2D eigenvalue weighted by Crippen LogP contribution is 2.08. The van der Waals surface area contributed by atoms with E-state index in [0.717, 1.165) is 6.08 Å². The van der Waals surface area contributed by atoms with Gasteiger partial charge in [-0.3, -0.25) is 0 Å².